The highest BCUT2D eigenvalue weighted by atomic mass is 32.2. The molecule has 1 amide bonds. The highest BCUT2D eigenvalue weighted by molar-refractivity contribution is 7.91. The van der Waals surface area contributed by atoms with Gasteiger partial charge in [0.2, 0.25) is 5.91 Å². The van der Waals surface area contributed by atoms with E-state index < -0.39 is 9.84 Å². The zero-order valence-electron chi connectivity index (χ0n) is 15.1. The van der Waals surface area contributed by atoms with E-state index in [1.165, 1.54) is 12.1 Å². The minimum Gasteiger partial charge on any atom is -0.486 e. The van der Waals surface area contributed by atoms with Gasteiger partial charge in [0, 0.05) is 23.6 Å². The predicted octanol–water partition coefficient (Wildman–Crippen LogP) is 3.41. The van der Waals surface area contributed by atoms with E-state index in [0.717, 1.165) is 10.8 Å². The Morgan fingerprint density at radius 1 is 0.929 bits per heavy atom. The van der Waals surface area contributed by atoms with E-state index >= 15 is 0 Å². The first kappa shape index (κ1) is 18.3. The lowest BCUT2D eigenvalue weighted by atomic mass is 10.1. The summed E-state index contributed by atoms with van der Waals surface area (Å²) in [6.07, 6.45) is -0.139. The van der Waals surface area contributed by atoms with E-state index in [1.807, 2.05) is 36.4 Å². The first-order valence-electron chi connectivity index (χ1n) is 8.93. The van der Waals surface area contributed by atoms with Crippen LogP contribution in [0.4, 0.5) is 5.69 Å². The van der Waals surface area contributed by atoms with Crippen LogP contribution in [0.15, 0.2) is 65.6 Å². The van der Waals surface area contributed by atoms with E-state index in [1.54, 1.807) is 12.1 Å². The van der Waals surface area contributed by atoms with Crippen LogP contribution in [0, 0.1) is 0 Å². The topological polar surface area (TPSA) is 81.7 Å². The van der Waals surface area contributed by atoms with Gasteiger partial charge in [-0.25, -0.2) is 8.42 Å². The minimum absolute atomic E-state index is 0.120. The Morgan fingerprint density at radius 2 is 1.68 bits per heavy atom. The van der Waals surface area contributed by atoms with Crippen molar-refractivity contribution in [1.82, 2.24) is 0 Å². The molecule has 1 N–H and O–H groups in total. The SMILES string of the molecule is O=C(CCS(=O)(=O)c1ccc2c(c1)OCCO2)Nc1cccc2ccccc12. The van der Waals surface area contributed by atoms with Crippen LogP contribution in [0.2, 0.25) is 0 Å². The number of nitrogens with one attached hydrogen (secondary N) is 1. The number of anilines is 1. The number of rotatable bonds is 5. The molecule has 3 aromatic carbocycles. The number of hydrogen-bond donors (Lipinski definition) is 1. The molecule has 1 aliphatic rings. The normalized spacial score (nSPS) is 13.3. The molecule has 0 aromatic heterocycles. The van der Waals surface area contributed by atoms with Crippen molar-refractivity contribution in [2.45, 2.75) is 11.3 Å². The monoisotopic (exact) mass is 397 g/mol. The van der Waals surface area contributed by atoms with Crippen LogP contribution in [0.25, 0.3) is 10.8 Å². The molecule has 1 aliphatic heterocycles. The summed E-state index contributed by atoms with van der Waals surface area (Å²) in [6.45, 7) is 0.817. The van der Waals surface area contributed by atoms with Gasteiger partial charge in [0.25, 0.3) is 0 Å². The van der Waals surface area contributed by atoms with Crippen molar-refractivity contribution in [3.63, 3.8) is 0 Å². The lowest BCUT2D eigenvalue weighted by Crippen LogP contribution is -2.18. The van der Waals surface area contributed by atoms with Gasteiger partial charge in [0.15, 0.2) is 21.3 Å². The first-order valence-corrected chi connectivity index (χ1v) is 10.6. The lowest BCUT2D eigenvalue weighted by Gasteiger charge is -2.18. The zero-order valence-corrected chi connectivity index (χ0v) is 15.9. The molecular weight excluding hydrogens is 378 g/mol. The number of amides is 1. The van der Waals surface area contributed by atoms with Crippen molar-refractivity contribution < 1.29 is 22.7 Å². The van der Waals surface area contributed by atoms with E-state index in [2.05, 4.69) is 5.32 Å². The Hall–Kier alpha value is -3.06. The fourth-order valence-corrected chi connectivity index (χ4v) is 4.36. The van der Waals surface area contributed by atoms with Crippen LogP contribution in [0.1, 0.15) is 6.42 Å². The Balaban J connectivity index is 1.45. The van der Waals surface area contributed by atoms with Crippen molar-refractivity contribution in [2.24, 2.45) is 0 Å². The summed E-state index contributed by atoms with van der Waals surface area (Å²) >= 11 is 0. The number of hydrogen-bond acceptors (Lipinski definition) is 5. The van der Waals surface area contributed by atoms with Crippen molar-refractivity contribution in [3.8, 4) is 11.5 Å². The van der Waals surface area contributed by atoms with E-state index in [9.17, 15) is 13.2 Å². The van der Waals surface area contributed by atoms with Crippen LogP contribution in [-0.4, -0.2) is 33.3 Å². The molecule has 0 saturated heterocycles. The minimum atomic E-state index is -3.62. The highest BCUT2D eigenvalue weighted by Gasteiger charge is 2.20. The molecule has 1 heterocycles. The lowest BCUT2D eigenvalue weighted by molar-refractivity contribution is -0.115. The second kappa shape index (κ2) is 7.52. The summed E-state index contributed by atoms with van der Waals surface area (Å²) in [5.74, 6) is 0.298. The summed E-state index contributed by atoms with van der Waals surface area (Å²) in [6, 6.07) is 17.8. The molecule has 0 unspecified atom stereocenters. The zero-order chi connectivity index (χ0) is 19.6. The Kier molecular flexibility index (Phi) is 4.92. The van der Waals surface area contributed by atoms with Gasteiger partial charge in [-0.3, -0.25) is 4.79 Å². The van der Waals surface area contributed by atoms with Crippen molar-refractivity contribution >= 4 is 32.2 Å². The number of benzene rings is 3. The van der Waals surface area contributed by atoms with Gasteiger partial charge in [-0.15, -0.1) is 0 Å². The summed E-state index contributed by atoms with van der Waals surface area (Å²) < 4.78 is 36.1. The standard InChI is InChI=1S/C21H19NO5S/c23-21(22-18-7-3-5-15-4-1-2-6-17(15)18)10-13-28(24,25)16-8-9-19-20(14-16)27-12-11-26-19/h1-9,14H,10-13H2,(H,22,23). The number of carbonyl (C=O) groups is 1. The van der Waals surface area contributed by atoms with E-state index in [-0.39, 0.29) is 23.0 Å². The maximum Gasteiger partial charge on any atom is 0.225 e. The van der Waals surface area contributed by atoms with Crippen LogP contribution < -0.4 is 14.8 Å². The third-order valence-electron chi connectivity index (χ3n) is 4.53. The molecule has 28 heavy (non-hydrogen) atoms. The van der Waals surface area contributed by atoms with E-state index in [4.69, 9.17) is 9.47 Å². The molecule has 4 rings (SSSR count). The van der Waals surface area contributed by atoms with Crippen LogP contribution in [-0.2, 0) is 14.6 Å². The molecule has 3 aromatic rings. The Morgan fingerprint density at radius 3 is 2.54 bits per heavy atom. The summed E-state index contributed by atoms with van der Waals surface area (Å²) in [4.78, 5) is 12.5. The van der Waals surface area contributed by atoms with Crippen molar-refractivity contribution in [3.05, 3.63) is 60.7 Å². The second-order valence-corrected chi connectivity index (χ2v) is 8.56. The first-order chi connectivity index (χ1) is 13.5. The average molecular weight is 397 g/mol. The molecule has 6 nitrogen and oxygen atoms in total. The molecule has 7 heteroatoms. The Bertz CT molecular complexity index is 1140. The number of ether oxygens (including phenoxy) is 2. The molecule has 0 radical (unpaired) electrons. The third kappa shape index (κ3) is 3.80. The number of carbonyl (C=O) groups excluding carboxylic acids is 1. The average Bonchev–Trinajstić information content (AvgIpc) is 2.72. The molecule has 0 atom stereocenters. The van der Waals surface area contributed by atoms with Crippen LogP contribution >= 0.6 is 0 Å². The van der Waals surface area contributed by atoms with Gasteiger partial charge in [-0.05, 0) is 23.6 Å². The maximum atomic E-state index is 12.6. The van der Waals surface area contributed by atoms with Gasteiger partial charge in [-0.2, -0.15) is 0 Å². The van der Waals surface area contributed by atoms with Crippen LogP contribution in [0.5, 0.6) is 11.5 Å². The van der Waals surface area contributed by atoms with Gasteiger partial charge in [-0.1, -0.05) is 36.4 Å². The van der Waals surface area contributed by atoms with Gasteiger partial charge < -0.3 is 14.8 Å². The molecule has 144 valence electrons. The fourth-order valence-electron chi connectivity index (χ4n) is 3.11. The molecule has 0 fully saturated rings. The smallest absolute Gasteiger partial charge is 0.225 e. The molecular formula is C21H19NO5S. The van der Waals surface area contributed by atoms with Crippen LogP contribution in [0.3, 0.4) is 0 Å². The fraction of sp³-hybridized carbons (Fsp3) is 0.190. The third-order valence-corrected chi connectivity index (χ3v) is 6.25. The van der Waals surface area contributed by atoms with E-state index in [0.29, 0.717) is 30.4 Å². The van der Waals surface area contributed by atoms with Gasteiger partial charge >= 0.3 is 0 Å². The summed E-state index contributed by atoms with van der Waals surface area (Å²) in [7, 11) is -3.62. The van der Waals surface area contributed by atoms with Crippen molar-refractivity contribution in [1.29, 1.82) is 0 Å². The molecule has 0 bridgehead atoms. The summed E-state index contributed by atoms with van der Waals surface area (Å²) in [5.41, 5.74) is 0.667. The molecule has 0 saturated carbocycles. The number of sulfone groups is 1. The maximum absolute atomic E-state index is 12.6. The Labute approximate surface area is 163 Å². The van der Waals surface area contributed by atoms with Gasteiger partial charge in [0.05, 0.1) is 10.6 Å². The number of fused-ring (bicyclic) bond motifs is 2. The highest BCUT2D eigenvalue weighted by Crippen LogP contribution is 2.32. The predicted molar refractivity (Wildman–Crippen MR) is 107 cm³/mol. The quantitative estimate of drug-likeness (QED) is 0.713. The summed E-state index contributed by atoms with van der Waals surface area (Å²) in [5, 5.41) is 4.72. The molecule has 0 aliphatic carbocycles. The molecule has 0 spiro atoms. The second-order valence-electron chi connectivity index (χ2n) is 6.45. The van der Waals surface area contributed by atoms with Crippen molar-refractivity contribution in [2.75, 3.05) is 24.3 Å². The largest absolute Gasteiger partial charge is 0.486 e. The van der Waals surface area contributed by atoms with Gasteiger partial charge in [0.1, 0.15) is 13.2 Å².